The molecular weight excluding hydrogens is 296 g/mol. The lowest BCUT2D eigenvalue weighted by Gasteiger charge is -2.07. The molecule has 0 aliphatic rings. The summed E-state index contributed by atoms with van der Waals surface area (Å²) in [7, 11) is -3.47. The Balaban J connectivity index is 2.31. The molecule has 1 aromatic heterocycles. The number of aromatic nitrogens is 1. The van der Waals surface area contributed by atoms with E-state index in [0.717, 1.165) is 11.1 Å². The van der Waals surface area contributed by atoms with Gasteiger partial charge >= 0.3 is 0 Å². The van der Waals surface area contributed by atoms with E-state index in [-0.39, 0.29) is 4.90 Å². The zero-order valence-corrected chi connectivity index (χ0v) is 12.6. The molecule has 0 atom stereocenters. The van der Waals surface area contributed by atoms with Crippen molar-refractivity contribution in [3.05, 3.63) is 30.3 Å². The summed E-state index contributed by atoms with van der Waals surface area (Å²) >= 11 is 1.59. The molecule has 8 heteroatoms. The molecule has 0 aliphatic heterocycles. The summed E-state index contributed by atoms with van der Waals surface area (Å²) in [6.07, 6.45) is 1.93. The number of nitrogens with two attached hydrogens (primary N) is 1. The number of nitrogens with zero attached hydrogens (tertiary/aromatic N) is 1. The fourth-order valence-corrected chi connectivity index (χ4v) is 3.21. The number of sulfonamides is 1. The van der Waals surface area contributed by atoms with Gasteiger partial charge in [-0.15, -0.1) is 0 Å². The number of hydrazine groups is 1. The molecule has 20 heavy (non-hydrogen) atoms. The Morgan fingerprint density at radius 2 is 2.10 bits per heavy atom. The number of rotatable bonds is 6. The second-order valence-electron chi connectivity index (χ2n) is 4.09. The standard InChI is InChI=1S/C12H16N4O2S2/c1-19-7-6-14-20(17,18)10-3-4-11-9(8-10)2-5-12(15-11)16-13/h2-5,8,14H,6-7,13H2,1H3,(H,15,16). The molecule has 1 heterocycles. The maximum absolute atomic E-state index is 12.1. The molecule has 0 fully saturated rings. The zero-order chi connectivity index (χ0) is 14.6. The lowest BCUT2D eigenvalue weighted by atomic mass is 10.2. The Kier molecular flexibility index (Phi) is 4.81. The fourth-order valence-electron chi connectivity index (χ4n) is 1.71. The van der Waals surface area contributed by atoms with Crippen LogP contribution < -0.4 is 16.0 Å². The molecule has 2 aromatic rings. The number of nitrogens with one attached hydrogen (secondary N) is 2. The average Bonchev–Trinajstić information content (AvgIpc) is 2.46. The molecule has 0 amide bonds. The molecule has 0 saturated heterocycles. The van der Waals surface area contributed by atoms with Crippen molar-refractivity contribution < 1.29 is 8.42 Å². The third-order valence-electron chi connectivity index (χ3n) is 2.72. The van der Waals surface area contributed by atoms with Gasteiger partial charge in [-0.2, -0.15) is 11.8 Å². The van der Waals surface area contributed by atoms with Crippen LogP contribution in [0.2, 0.25) is 0 Å². The van der Waals surface area contributed by atoms with Crippen LogP contribution in [-0.2, 0) is 10.0 Å². The highest BCUT2D eigenvalue weighted by molar-refractivity contribution is 7.98. The third-order valence-corrected chi connectivity index (χ3v) is 4.79. The van der Waals surface area contributed by atoms with Crippen molar-refractivity contribution in [2.75, 3.05) is 24.0 Å². The van der Waals surface area contributed by atoms with Gasteiger partial charge in [0.2, 0.25) is 10.0 Å². The minimum atomic E-state index is -3.47. The lowest BCUT2D eigenvalue weighted by Crippen LogP contribution is -2.25. The summed E-state index contributed by atoms with van der Waals surface area (Å²) < 4.78 is 26.8. The summed E-state index contributed by atoms with van der Waals surface area (Å²) in [6.45, 7) is 0.413. The smallest absolute Gasteiger partial charge is 0.240 e. The number of benzene rings is 1. The molecule has 0 aliphatic carbocycles. The van der Waals surface area contributed by atoms with Gasteiger partial charge in [0.1, 0.15) is 5.82 Å². The largest absolute Gasteiger partial charge is 0.308 e. The van der Waals surface area contributed by atoms with E-state index in [1.807, 2.05) is 6.26 Å². The normalized spacial score (nSPS) is 11.7. The van der Waals surface area contributed by atoms with E-state index in [9.17, 15) is 8.42 Å². The van der Waals surface area contributed by atoms with E-state index < -0.39 is 10.0 Å². The molecule has 0 unspecified atom stereocenters. The van der Waals surface area contributed by atoms with Crippen molar-refractivity contribution in [1.82, 2.24) is 9.71 Å². The Morgan fingerprint density at radius 1 is 1.30 bits per heavy atom. The highest BCUT2D eigenvalue weighted by atomic mass is 32.2. The molecule has 1 aromatic carbocycles. The van der Waals surface area contributed by atoms with E-state index >= 15 is 0 Å². The topological polar surface area (TPSA) is 97.1 Å². The number of hydrogen-bond acceptors (Lipinski definition) is 6. The van der Waals surface area contributed by atoms with Gasteiger partial charge in [0.15, 0.2) is 0 Å². The van der Waals surface area contributed by atoms with Gasteiger partial charge in [0, 0.05) is 17.7 Å². The van der Waals surface area contributed by atoms with Crippen molar-refractivity contribution in [2.45, 2.75) is 4.90 Å². The van der Waals surface area contributed by atoms with E-state index in [1.165, 1.54) is 6.07 Å². The molecule has 0 spiro atoms. The molecule has 0 radical (unpaired) electrons. The zero-order valence-electron chi connectivity index (χ0n) is 11.0. The summed E-state index contributed by atoms with van der Waals surface area (Å²) in [6, 6.07) is 8.28. The number of thioether (sulfide) groups is 1. The molecule has 2 rings (SSSR count). The van der Waals surface area contributed by atoms with Gasteiger partial charge in [-0.1, -0.05) is 0 Å². The molecular formula is C12H16N4O2S2. The quantitative estimate of drug-likeness (QED) is 0.421. The number of anilines is 1. The summed E-state index contributed by atoms with van der Waals surface area (Å²) in [4.78, 5) is 4.47. The average molecular weight is 312 g/mol. The first-order chi connectivity index (χ1) is 9.56. The number of hydrogen-bond donors (Lipinski definition) is 3. The molecule has 0 saturated carbocycles. The van der Waals surface area contributed by atoms with Gasteiger partial charge in [0.05, 0.1) is 10.4 Å². The lowest BCUT2D eigenvalue weighted by molar-refractivity contribution is 0.584. The summed E-state index contributed by atoms with van der Waals surface area (Å²) in [5.41, 5.74) is 3.14. The van der Waals surface area contributed by atoms with Crippen LogP contribution in [0.3, 0.4) is 0 Å². The minimum Gasteiger partial charge on any atom is -0.308 e. The molecule has 6 nitrogen and oxygen atoms in total. The molecule has 0 bridgehead atoms. The summed E-state index contributed by atoms with van der Waals surface area (Å²) in [5, 5.41) is 0.747. The van der Waals surface area contributed by atoms with Crippen LogP contribution in [0.15, 0.2) is 35.2 Å². The number of nitrogen functional groups attached to an aromatic ring is 1. The maximum Gasteiger partial charge on any atom is 0.240 e. The van der Waals surface area contributed by atoms with Crippen LogP contribution in [0.1, 0.15) is 0 Å². The van der Waals surface area contributed by atoms with Crippen molar-refractivity contribution in [1.29, 1.82) is 0 Å². The fraction of sp³-hybridized carbons (Fsp3) is 0.250. The Hall–Kier alpha value is -1.35. The van der Waals surface area contributed by atoms with Crippen molar-refractivity contribution in [3.8, 4) is 0 Å². The van der Waals surface area contributed by atoms with Crippen LogP contribution in [0.25, 0.3) is 10.9 Å². The first-order valence-corrected chi connectivity index (χ1v) is 8.80. The van der Waals surface area contributed by atoms with Crippen LogP contribution in [0.5, 0.6) is 0 Å². The minimum absolute atomic E-state index is 0.237. The van der Waals surface area contributed by atoms with E-state index in [4.69, 9.17) is 5.84 Å². The van der Waals surface area contributed by atoms with Crippen molar-refractivity contribution in [2.24, 2.45) is 5.84 Å². The predicted octanol–water partition coefficient (Wildman–Crippen LogP) is 1.16. The first-order valence-electron chi connectivity index (χ1n) is 5.93. The van der Waals surface area contributed by atoms with E-state index in [0.29, 0.717) is 17.9 Å². The first kappa shape index (κ1) is 15.0. The van der Waals surface area contributed by atoms with Crippen LogP contribution in [0, 0.1) is 0 Å². The Labute approximate surface area is 122 Å². The highest BCUT2D eigenvalue weighted by Gasteiger charge is 2.13. The van der Waals surface area contributed by atoms with Gasteiger partial charge in [0.25, 0.3) is 0 Å². The maximum atomic E-state index is 12.1. The Morgan fingerprint density at radius 3 is 2.80 bits per heavy atom. The number of pyridine rings is 1. The molecule has 4 N–H and O–H groups in total. The van der Waals surface area contributed by atoms with Gasteiger partial charge in [-0.25, -0.2) is 24.0 Å². The second kappa shape index (κ2) is 6.40. The van der Waals surface area contributed by atoms with Crippen LogP contribution in [-0.4, -0.2) is 32.0 Å². The SMILES string of the molecule is CSCCNS(=O)(=O)c1ccc2nc(NN)ccc2c1. The number of fused-ring (bicyclic) bond motifs is 1. The summed E-state index contributed by atoms with van der Waals surface area (Å²) in [5.74, 6) is 6.56. The van der Waals surface area contributed by atoms with E-state index in [2.05, 4.69) is 15.1 Å². The molecule has 108 valence electrons. The monoisotopic (exact) mass is 312 g/mol. The highest BCUT2D eigenvalue weighted by Crippen LogP contribution is 2.19. The predicted molar refractivity (Wildman–Crippen MR) is 83.1 cm³/mol. The van der Waals surface area contributed by atoms with Crippen LogP contribution in [0.4, 0.5) is 5.82 Å². The van der Waals surface area contributed by atoms with Crippen LogP contribution >= 0.6 is 11.8 Å². The second-order valence-corrected chi connectivity index (χ2v) is 6.84. The van der Waals surface area contributed by atoms with Gasteiger partial charge < -0.3 is 5.43 Å². The third kappa shape index (κ3) is 3.40. The van der Waals surface area contributed by atoms with Crippen molar-refractivity contribution in [3.63, 3.8) is 0 Å². The van der Waals surface area contributed by atoms with Gasteiger partial charge in [-0.05, 0) is 36.6 Å². The van der Waals surface area contributed by atoms with Gasteiger partial charge in [-0.3, -0.25) is 0 Å². The van der Waals surface area contributed by atoms with Crippen molar-refractivity contribution >= 4 is 38.5 Å². The van der Waals surface area contributed by atoms with E-state index in [1.54, 1.807) is 36.0 Å². The Bertz CT molecular complexity index is 704.